The molecule has 2 heterocycles. The van der Waals surface area contributed by atoms with E-state index >= 15 is 0 Å². The average Bonchev–Trinajstić information content (AvgIpc) is 2.27. The number of anilines is 1. The summed E-state index contributed by atoms with van der Waals surface area (Å²) in [7, 11) is 0. The van der Waals surface area contributed by atoms with Crippen molar-refractivity contribution in [1.82, 2.24) is 0 Å². The third kappa shape index (κ3) is 0.920. The lowest BCUT2D eigenvalue weighted by Crippen LogP contribution is -2.28. The predicted octanol–water partition coefficient (Wildman–Crippen LogP) is -0.294. The lowest BCUT2D eigenvalue weighted by atomic mass is 10.2. The van der Waals surface area contributed by atoms with Crippen LogP contribution in [0, 0.1) is 0 Å². The van der Waals surface area contributed by atoms with E-state index < -0.39 is 0 Å². The van der Waals surface area contributed by atoms with Gasteiger partial charge in [-0.3, -0.25) is 10.0 Å². The van der Waals surface area contributed by atoms with Gasteiger partial charge < -0.3 is 5.32 Å². The normalized spacial score (nSPS) is 14.4. The van der Waals surface area contributed by atoms with E-state index in [1.807, 2.05) is 0 Å². The van der Waals surface area contributed by atoms with Gasteiger partial charge in [0.25, 0.3) is 0 Å². The molecule has 1 aliphatic rings. The number of aromatic nitrogens is 1. The van der Waals surface area contributed by atoms with E-state index in [-0.39, 0.29) is 5.91 Å². The average molecular weight is 151 g/mol. The molecule has 11 heavy (non-hydrogen) atoms. The van der Waals surface area contributed by atoms with E-state index in [1.54, 1.807) is 6.07 Å². The monoisotopic (exact) mass is 151 g/mol. The molecule has 2 rings (SSSR count). The van der Waals surface area contributed by atoms with Crippen molar-refractivity contribution in [2.24, 2.45) is 0 Å². The smallest absolute Gasteiger partial charge is 0.245 e. The van der Waals surface area contributed by atoms with Crippen LogP contribution >= 0.6 is 0 Å². The Morgan fingerprint density at radius 2 is 2.45 bits per heavy atom. The molecule has 0 aromatic carbocycles. The minimum absolute atomic E-state index is 0.0220. The van der Waals surface area contributed by atoms with Crippen LogP contribution in [0.1, 0.15) is 5.56 Å². The second-order valence-corrected chi connectivity index (χ2v) is 2.49. The second-order valence-electron chi connectivity index (χ2n) is 2.49. The number of pyridine rings is 1. The van der Waals surface area contributed by atoms with Crippen LogP contribution in [0.2, 0.25) is 0 Å². The Hall–Kier alpha value is -1.58. The van der Waals surface area contributed by atoms with Crippen molar-refractivity contribution in [2.45, 2.75) is 6.42 Å². The van der Waals surface area contributed by atoms with Crippen molar-refractivity contribution >= 4 is 11.6 Å². The standard InChI is InChI=1S/C7H6N2O2/c10-7-3-5-1-2-9(11)4-6(5)8-7/h1-2,4H,3H2,(H-,8,10,11)/p+1. The van der Waals surface area contributed by atoms with Gasteiger partial charge in [-0.25, -0.2) is 0 Å². The van der Waals surface area contributed by atoms with Crippen molar-refractivity contribution in [3.05, 3.63) is 24.0 Å². The summed E-state index contributed by atoms with van der Waals surface area (Å²) in [5.74, 6) is -0.0220. The summed E-state index contributed by atoms with van der Waals surface area (Å²) in [6, 6.07) is 1.72. The number of fused-ring (bicyclic) bond motifs is 1. The first-order valence-corrected chi connectivity index (χ1v) is 3.29. The maximum absolute atomic E-state index is 10.8. The molecule has 0 bridgehead atoms. The Bertz CT molecular complexity index is 322. The molecule has 1 aromatic rings. The third-order valence-electron chi connectivity index (χ3n) is 1.66. The molecule has 4 heteroatoms. The highest BCUT2D eigenvalue weighted by Crippen LogP contribution is 2.19. The molecule has 1 aliphatic heterocycles. The molecule has 0 spiro atoms. The van der Waals surface area contributed by atoms with E-state index in [1.165, 1.54) is 12.4 Å². The van der Waals surface area contributed by atoms with Gasteiger partial charge in [0.15, 0.2) is 0 Å². The lowest BCUT2D eigenvalue weighted by molar-refractivity contribution is -0.904. The molecule has 0 saturated carbocycles. The summed E-state index contributed by atoms with van der Waals surface area (Å²) in [5.41, 5.74) is 1.63. The fourth-order valence-electron chi connectivity index (χ4n) is 1.15. The van der Waals surface area contributed by atoms with E-state index in [0.29, 0.717) is 12.1 Å². The van der Waals surface area contributed by atoms with Crippen molar-refractivity contribution < 1.29 is 14.7 Å². The Labute approximate surface area is 63.0 Å². The fraction of sp³-hybridized carbons (Fsp3) is 0.143. The zero-order valence-corrected chi connectivity index (χ0v) is 5.74. The Balaban J connectivity index is 2.51. The maximum Gasteiger partial charge on any atom is 0.245 e. The van der Waals surface area contributed by atoms with E-state index in [4.69, 9.17) is 5.21 Å². The minimum Gasteiger partial charge on any atom is -0.320 e. The maximum atomic E-state index is 10.8. The summed E-state index contributed by atoms with van der Waals surface area (Å²) in [5, 5.41) is 11.6. The number of carbonyl (C=O) groups is 1. The molecule has 0 aliphatic carbocycles. The summed E-state index contributed by atoms with van der Waals surface area (Å²) in [6.45, 7) is 0. The predicted molar refractivity (Wildman–Crippen MR) is 36.2 cm³/mol. The minimum atomic E-state index is -0.0220. The molecule has 0 fully saturated rings. The number of rotatable bonds is 0. The summed E-state index contributed by atoms with van der Waals surface area (Å²) < 4.78 is 0.921. The highest BCUT2D eigenvalue weighted by Gasteiger charge is 2.20. The van der Waals surface area contributed by atoms with Crippen LogP contribution in [0.3, 0.4) is 0 Å². The van der Waals surface area contributed by atoms with Gasteiger partial charge in [-0.05, 0) is 5.56 Å². The zero-order chi connectivity index (χ0) is 7.84. The molecule has 56 valence electrons. The van der Waals surface area contributed by atoms with Crippen molar-refractivity contribution in [3.63, 3.8) is 0 Å². The zero-order valence-electron chi connectivity index (χ0n) is 5.74. The number of nitrogens with zero attached hydrogens (tertiary/aromatic N) is 1. The molecular formula is C7H7N2O2+. The molecule has 0 radical (unpaired) electrons. The summed E-state index contributed by atoms with van der Waals surface area (Å²) >= 11 is 0. The van der Waals surface area contributed by atoms with Crippen LogP contribution in [-0.4, -0.2) is 11.1 Å². The van der Waals surface area contributed by atoms with Crippen LogP contribution < -0.4 is 10.0 Å². The number of hydrogen-bond acceptors (Lipinski definition) is 2. The number of nitrogens with one attached hydrogen (secondary N) is 1. The first-order chi connectivity index (χ1) is 5.25. The highest BCUT2D eigenvalue weighted by atomic mass is 16.5. The van der Waals surface area contributed by atoms with Crippen LogP contribution in [0.25, 0.3) is 0 Å². The Morgan fingerprint density at radius 3 is 3.27 bits per heavy atom. The van der Waals surface area contributed by atoms with Gasteiger partial charge in [0.2, 0.25) is 18.3 Å². The SMILES string of the molecule is O=C1Cc2cc[n+](O)cc2N1. The van der Waals surface area contributed by atoms with Gasteiger partial charge in [0.1, 0.15) is 5.69 Å². The van der Waals surface area contributed by atoms with Gasteiger partial charge in [-0.2, -0.15) is 0 Å². The van der Waals surface area contributed by atoms with Crippen LogP contribution in [-0.2, 0) is 11.2 Å². The molecule has 0 atom stereocenters. The third-order valence-corrected chi connectivity index (χ3v) is 1.66. The van der Waals surface area contributed by atoms with Gasteiger partial charge in [-0.1, -0.05) is 0 Å². The molecule has 1 amide bonds. The van der Waals surface area contributed by atoms with Crippen molar-refractivity contribution in [1.29, 1.82) is 0 Å². The number of carbonyl (C=O) groups excluding carboxylic acids is 1. The summed E-state index contributed by atoms with van der Waals surface area (Å²) in [4.78, 5) is 10.8. The van der Waals surface area contributed by atoms with Crippen molar-refractivity contribution in [2.75, 3.05) is 5.32 Å². The lowest BCUT2D eigenvalue weighted by Gasteiger charge is -1.90. The van der Waals surface area contributed by atoms with E-state index in [2.05, 4.69) is 5.32 Å². The molecule has 1 aromatic heterocycles. The topological polar surface area (TPSA) is 53.2 Å². The van der Waals surface area contributed by atoms with Crippen LogP contribution in [0.15, 0.2) is 18.5 Å². The van der Waals surface area contributed by atoms with Gasteiger partial charge in [0.05, 0.1) is 6.42 Å². The van der Waals surface area contributed by atoms with Crippen molar-refractivity contribution in [3.8, 4) is 0 Å². The molecule has 0 unspecified atom stereocenters. The van der Waals surface area contributed by atoms with Gasteiger partial charge in [-0.15, -0.1) is 0 Å². The fourth-order valence-corrected chi connectivity index (χ4v) is 1.15. The first kappa shape index (κ1) is 6.15. The van der Waals surface area contributed by atoms with E-state index in [9.17, 15) is 4.79 Å². The summed E-state index contributed by atoms with van der Waals surface area (Å²) in [6.07, 6.45) is 3.38. The molecule has 2 N–H and O–H groups in total. The molecular weight excluding hydrogens is 144 g/mol. The highest BCUT2D eigenvalue weighted by molar-refractivity contribution is 5.98. The van der Waals surface area contributed by atoms with Crippen LogP contribution in [0.4, 0.5) is 5.69 Å². The molecule has 4 nitrogen and oxygen atoms in total. The molecule has 0 saturated heterocycles. The van der Waals surface area contributed by atoms with E-state index in [0.717, 1.165) is 10.3 Å². The first-order valence-electron chi connectivity index (χ1n) is 3.29. The largest absolute Gasteiger partial charge is 0.320 e. The Morgan fingerprint density at radius 1 is 1.64 bits per heavy atom. The van der Waals surface area contributed by atoms with Gasteiger partial charge >= 0.3 is 0 Å². The Kier molecular flexibility index (Phi) is 1.09. The number of amides is 1. The number of hydrogen-bond donors (Lipinski definition) is 2. The second kappa shape index (κ2) is 1.95. The quantitative estimate of drug-likeness (QED) is 0.395. The van der Waals surface area contributed by atoms with Gasteiger partial charge in [0, 0.05) is 10.8 Å². The van der Waals surface area contributed by atoms with Crippen LogP contribution in [0.5, 0.6) is 0 Å².